The Kier molecular flexibility index (Phi) is 7.52. The first-order chi connectivity index (χ1) is 22.9. The highest BCUT2D eigenvalue weighted by Crippen LogP contribution is 2.41. The minimum Gasteiger partial charge on any atom is -0.455 e. The predicted molar refractivity (Wildman–Crippen MR) is 183 cm³/mol. The molecule has 0 saturated carbocycles. The fraction of sp³-hybridized carbons (Fsp3) is 0.250. The first kappa shape index (κ1) is 31.4. The van der Waals surface area contributed by atoms with Gasteiger partial charge in [-0.3, -0.25) is 14.3 Å². The average molecular weight is 666 g/mol. The van der Waals surface area contributed by atoms with Crippen molar-refractivity contribution in [2.75, 3.05) is 13.2 Å². The number of pyridine rings is 2. The topological polar surface area (TPSA) is 119 Å². The zero-order valence-corrected chi connectivity index (χ0v) is 28.3. The largest absolute Gasteiger partial charge is 0.455 e. The van der Waals surface area contributed by atoms with Crippen LogP contribution in [-0.2, 0) is 28.9 Å². The molecule has 6 aromatic rings. The number of ether oxygens (including phenoxy) is 2. The lowest BCUT2D eigenvalue weighted by Gasteiger charge is -2.29. The average Bonchev–Trinajstić information content (AvgIpc) is 3.58. The van der Waals surface area contributed by atoms with Crippen LogP contribution >= 0.6 is 0 Å². The van der Waals surface area contributed by atoms with Crippen molar-refractivity contribution in [3.8, 4) is 33.9 Å². The number of hydrogen-bond acceptors (Lipinski definition) is 7. The number of para-hydroxylation sites is 1. The molecule has 2 aromatic carbocycles. The second kappa shape index (κ2) is 11.5. The minimum absolute atomic E-state index is 0.0326. The molecule has 0 atom stereocenters. The number of fused-ring (bicyclic) bond motifs is 1. The van der Waals surface area contributed by atoms with Gasteiger partial charge in [0.25, 0.3) is 21.1 Å². The van der Waals surface area contributed by atoms with Crippen molar-refractivity contribution < 1.29 is 17.9 Å². The van der Waals surface area contributed by atoms with Crippen LogP contribution in [0.1, 0.15) is 28.4 Å². The fourth-order valence-corrected chi connectivity index (χ4v) is 7.68. The number of hydrogen-bond donors (Lipinski definition) is 0. The summed E-state index contributed by atoms with van der Waals surface area (Å²) in [6.07, 6.45) is 4.89. The lowest BCUT2D eigenvalue weighted by atomic mass is 10.0. The predicted octanol–water partition coefficient (Wildman–Crippen LogP) is 5.40. The van der Waals surface area contributed by atoms with Gasteiger partial charge >= 0.3 is 0 Å². The van der Waals surface area contributed by atoms with Crippen LogP contribution in [0.3, 0.4) is 0 Å². The zero-order chi connectivity index (χ0) is 34.1. The SMILES string of the molecule is Cc1ccc(S(=O)(=O)n2c(-c3cnn(C)c3C)cc3c(-c4cc(=O)n(C5COC5)cc4Oc4c(C)cccc4C)cn(C)c(=O)c32)cc1. The number of aromatic nitrogens is 5. The van der Waals surface area contributed by atoms with Gasteiger partial charge in [-0.1, -0.05) is 35.9 Å². The second-order valence-electron chi connectivity index (χ2n) is 12.4. The van der Waals surface area contributed by atoms with Crippen molar-refractivity contribution in [1.29, 1.82) is 0 Å². The van der Waals surface area contributed by atoms with Crippen LogP contribution in [0.15, 0.2) is 87.7 Å². The Balaban J connectivity index is 1.58. The lowest BCUT2D eigenvalue weighted by molar-refractivity contribution is -0.0249. The fourth-order valence-electron chi connectivity index (χ4n) is 6.17. The van der Waals surface area contributed by atoms with E-state index >= 15 is 0 Å². The first-order valence-corrected chi connectivity index (χ1v) is 17.0. The summed E-state index contributed by atoms with van der Waals surface area (Å²) in [7, 11) is -0.968. The Hall–Kier alpha value is -5.20. The molecule has 0 radical (unpaired) electrons. The monoisotopic (exact) mass is 665 g/mol. The molecular weight excluding hydrogens is 630 g/mol. The standard InChI is InChI=1S/C36H35N5O6S/c1-21-10-12-26(13-11-21)48(44,45)41-31(29-16-37-39(6)24(29)4)14-28-30(17-38(5)36(43)34(28)41)27-15-33(42)40(25-19-46-20-25)18-32(27)47-35-22(2)8-7-9-23(35)3/h7-18,25H,19-20H2,1-6H3. The summed E-state index contributed by atoms with van der Waals surface area (Å²) in [4.78, 5) is 27.8. The summed E-state index contributed by atoms with van der Waals surface area (Å²) in [6, 6.07) is 15.4. The molecule has 0 N–H and O–H groups in total. The molecule has 1 aliphatic rings. The van der Waals surface area contributed by atoms with Crippen molar-refractivity contribution in [3.63, 3.8) is 0 Å². The summed E-state index contributed by atoms with van der Waals surface area (Å²) in [5, 5.41) is 4.72. The Morgan fingerprint density at radius 1 is 0.875 bits per heavy atom. The van der Waals surface area contributed by atoms with E-state index in [1.54, 1.807) is 60.1 Å². The molecule has 4 aromatic heterocycles. The highest BCUT2D eigenvalue weighted by Gasteiger charge is 2.31. The van der Waals surface area contributed by atoms with Gasteiger partial charge in [-0.15, -0.1) is 0 Å². The van der Waals surface area contributed by atoms with Crippen LogP contribution in [0.5, 0.6) is 11.5 Å². The molecule has 12 heteroatoms. The van der Waals surface area contributed by atoms with E-state index in [4.69, 9.17) is 9.47 Å². The molecule has 5 heterocycles. The third-order valence-corrected chi connectivity index (χ3v) is 10.9. The van der Waals surface area contributed by atoms with Crippen LogP contribution in [0.25, 0.3) is 33.3 Å². The van der Waals surface area contributed by atoms with E-state index < -0.39 is 15.6 Å². The van der Waals surface area contributed by atoms with Gasteiger partial charge in [-0.25, -0.2) is 12.4 Å². The van der Waals surface area contributed by atoms with Gasteiger partial charge in [-0.2, -0.15) is 5.10 Å². The van der Waals surface area contributed by atoms with Crippen molar-refractivity contribution in [2.24, 2.45) is 14.1 Å². The zero-order valence-electron chi connectivity index (χ0n) is 27.5. The molecule has 0 aliphatic carbocycles. The summed E-state index contributed by atoms with van der Waals surface area (Å²) < 4.78 is 46.8. The molecule has 7 rings (SSSR count). The first-order valence-electron chi connectivity index (χ1n) is 15.5. The van der Waals surface area contributed by atoms with E-state index in [1.807, 2.05) is 45.9 Å². The molecule has 1 aliphatic heterocycles. The van der Waals surface area contributed by atoms with Crippen LogP contribution in [-0.4, -0.2) is 44.5 Å². The van der Waals surface area contributed by atoms with Crippen molar-refractivity contribution in [2.45, 2.75) is 38.6 Å². The van der Waals surface area contributed by atoms with E-state index in [0.717, 1.165) is 20.7 Å². The molecule has 11 nitrogen and oxygen atoms in total. The van der Waals surface area contributed by atoms with E-state index in [-0.39, 0.29) is 27.7 Å². The normalized spacial score (nSPS) is 13.6. The molecule has 0 unspecified atom stereocenters. The van der Waals surface area contributed by atoms with Gasteiger partial charge in [0, 0.05) is 54.1 Å². The third kappa shape index (κ3) is 4.99. The molecule has 246 valence electrons. The van der Waals surface area contributed by atoms with Gasteiger partial charge in [0.15, 0.2) is 5.75 Å². The van der Waals surface area contributed by atoms with E-state index in [9.17, 15) is 18.0 Å². The number of nitrogens with zero attached hydrogens (tertiary/aromatic N) is 5. The van der Waals surface area contributed by atoms with Gasteiger partial charge in [0.05, 0.1) is 42.2 Å². The van der Waals surface area contributed by atoms with Gasteiger partial charge in [-0.05, 0) is 57.0 Å². The van der Waals surface area contributed by atoms with Crippen molar-refractivity contribution >= 4 is 20.9 Å². The maximum absolute atomic E-state index is 14.5. The molecule has 1 saturated heterocycles. The summed E-state index contributed by atoms with van der Waals surface area (Å²) in [5.41, 5.74) is 4.27. The number of rotatable bonds is 7. The van der Waals surface area contributed by atoms with E-state index in [0.29, 0.717) is 52.5 Å². The van der Waals surface area contributed by atoms with E-state index in [2.05, 4.69) is 5.10 Å². The maximum Gasteiger partial charge on any atom is 0.275 e. The second-order valence-corrected chi connectivity index (χ2v) is 14.2. The maximum atomic E-state index is 14.5. The highest BCUT2D eigenvalue weighted by atomic mass is 32.2. The molecule has 1 fully saturated rings. The Morgan fingerprint density at radius 3 is 2.17 bits per heavy atom. The smallest absolute Gasteiger partial charge is 0.275 e. The lowest BCUT2D eigenvalue weighted by Crippen LogP contribution is -2.37. The number of benzene rings is 2. The Labute approximate surface area is 277 Å². The van der Waals surface area contributed by atoms with Crippen LogP contribution in [0, 0.1) is 27.7 Å². The summed E-state index contributed by atoms with van der Waals surface area (Å²) >= 11 is 0. The van der Waals surface area contributed by atoms with Gasteiger partial charge < -0.3 is 18.6 Å². The molecule has 0 bridgehead atoms. The highest BCUT2D eigenvalue weighted by molar-refractivity contribution is 7.90. The summed E-state index contributed by atoms with van der Waals surface area (Å²) in [6.45, 7) is 8.40. The van der Waals surface area contributed by atoms with Crippen molar-refractivity contribution in [1.82, 2.24) is 22.9 Å². The van der Waals surface area contributed by atoms with Gasteiger partial charge in [0.1, 0.15) is 11.3 Å². The van der Waals surface area contributed by atoms with Crippen LogP contribution in [0.2, 0.25) is 0 Å². The van der Waals surface area contributed by atoms with Crippen LogP contribution < -0.4 is 15.9 Å². The Bertz CT molecular complexity index is 2460. The molecule has 0 amide bonds. The summed E-state index contributed by atoms with van der Waals surface area (Å²) in [5.74, 6) is 1.02. The quantitative estimate of drug-likeness (QED) is 0.224. The third-order valence-electron chi connectivity index (χ3n) is 9.13. The minimum atomic E-state index is -4.30. The number of aryl methyl sites for hydroxylation is 5. The van der Waals surface area contributed by atoms with Gasteiger partial charge in [0.2, 0.25) is 0 Å². The van der Waals surface area contributed by atoms with E-state index in [1.165, 1.54) is 22.8 Å². The molecule has 48 heavy (non-hydrogen) atoms. The molecule has 0 spiro atoms. The van der Waals surface area contributed by atoms with Crippen molar-refractivity contribution in [3.05, 3.63) is 116 Å². The molecular formula is C36H35N5O6S. The Morgan fingerprint density at radius 2 is 1.56 bits per heavy atom. The van der Waals surface area contributed by atoms with Crippen LogP contribution in [0.4, 0.5) is 0 Å².